The molecule has 0 spiro atoms. The summed E-state index contributed by atoms with van der Waals surface area (Å²) in [5, 5.41) is 2.97. The second-order valence-corrected chi connectivity index (χ2v) is 8.05. The molecule has 2 heterocycles. The van der Waals surface area contributed by atoms with Crippen molar-refractivity contribution in [1.82, 2.24) is 9.97 Å². The van der Waals surface area contributed by atoms with Gasteiger partial charge in [0.1, 0.15) is 16.9 Å². The first-order chi connectivity index (χ1) is 15.2. The van der Waals surface area contributed by atoms with E-state index >= 15 is 0 Å². The van der Waals surface area contributed by atoms with Gasteiger partial charge in [0.15, 0.2) is 5.78 Å². The number of aromatic nitrogens is 2. The third-order valence-electron chi connectivity index (χ3n) is 5.07. The Morgan fingerprint density at radius 2 is 1.55 bits per heavy atom. The van der Waals surface area contributed by atoms with E-state index in [1.54, 1.807) is 35.6 Å². The molecule has 5 aromatic rings. The zero-order chi connectivity index (χ0) is 21.2. The topological polar surface area (TPSA) is 52.1 Å². The molecular weight excluding hydrogens is 404 g/mol. The molecule has 0 radical (unpaired) electrons. The van der Waals surface area contributed by atoms with Crippen LogP contribution in [0.25, 0.3) is 21.3 Å². The fourth-order valence-electron chi connectivity index (χ4n) is 3.41. The van der Waals surface area contributed by atoms with Gasteiger partial charge in [-0.15, -0.1) is 11.3 Å². The summed E-state index contributed by atoms with van der Waals surface area (Å²) in [6.45, 7) is 2.07. The Hall–Kier alpha value is -3.83. The Labute approximate surface area is 183 Å². The first-order valence-electron chi connectivity index (χ1n) is 9.86. The summed E-state index contributed by atoms with van der Waals surface area (Å²) in [6, 6.07) is 24.7. The Morgan fingerprint density at radius 3 is 2.29 bits per heavy atom. The van der Waals surface area contributed by atoms with Crippen molar-refractivity contribution in [3.8, 4) is 22.8 Å². The number of benzene rings is 3. The second kappa shape index (κ2) is 8.13. The van der Waals surface area contributed by atoms with Crippen LogP contribution in [0, 0.1) is 6.92 Å². The molecule has 0 atom stereocenters. The first-order valence-corrected chi connectivity index (χ1v) is 10.7. The van der Waals surface area contributed by atoms with Crippen LogP contribution in [0.4, 0.5) is 0 Å². The summed E-state index contributed by atoms with van der Waals surface area (Å²) in [5.74, 6) is 1.10. The first kappa shape index (κ1) is 19.2. The Bertz CT molecular complexity index is 1360. The van der Waals surface area contributed by atoms with Crippen molar-refractivity contribution in [2.75, 3.05) is 0 Å². The smallest absolute Gasteiger partial charge is 0.231 e. The number of ether oxygens (including phenoxy) is 1. The molecule has 0 amide bonds. The maximum Gasteiger partial charge on any atom is 0.231 e. The van der Waals surface area contributed by atoms with Crippen molar-refractivity contribution in [2.45, 2.75) is 6.92 Å². The number of carbonyl (C=O) groups excluding carboxylic acids is 1. The van der Waals surface area contributed by atoms with Gasteiger partial charge in [-0.25, -0.2) is 9.97 Å². The lowest BCUT2D eigenvalue weighted by atomic mass is 10.0. The van der Waals surface area contributed by atoms with Crippen molar-refractivity contribution >= 4 is 27.3 Å². The molecular formula is C26H18N2O2S. The fraction of sp³-hybridized carbons (Fsp3) is 0.0385. The Morgan fingerprint density at radius 1 is 0.839 bits per heavy atom. The van der Waals surface area contributed by atoms with E-state index in [1.165, 1.54) is 11.9 Å². The number of thiophene rings is 1. The van der Waals surface area contributed by atoms with Crippen LogP contribution in [0.1, 0.15) is 21.5 Å². The van der Waals surface area contributed by atoms with Crippen LogP contribution in [0.2, 0.25) is 0 Å². The molecule has 0 aliphatic rings. The average molecular weight is 423 g/mol. The van der Waals surface area contributed by atoms with Gasteiger partial charge in [0.05, 0.1) is 5.39 Å². The van der Waals surface area contributed by atoms with Crippen LogP contribution in [0.5, 0.6) is 11.6 Å². The SMILES string of the molecule is Cc1ccc(-c2csc3ncnc(Oc4ccc(C(=O)c5ccccc5)cc4)c23)cc1. The van der Waals surface area contributed by atoms with Gasteiger partial charge in [0, 0.05) is 22.1 Å². The number of ketones is 1. The van der Waals surface area contributed by atoms with Crippen LogP contribution < -0.4 is 4.74 Å². The lowest BCUT2D eigenvalue weighted by molar-refractivity contribution is 0.103. The van der Waals surface area contributed by atoms with Gasteiger partial charge < -0.3 is 4.74 Å². The summed E-state index contributed by atoms with van der Waals surface area (Å²) in [4.78, 5) is 22.3. The van der Waals surface area contributed by atoms with Gasteiger partial charge in [0.2, 0.25) is 5.88 Å². The molecule has 150 valence electrons. The minimum Gasteiger partial charge on any atom is -0.438 e. The third kappa shape index (κ3) is 3.83. The summed E-state index contributed by atoms with van der Waals surface area (Å²) < 4.78 is 6.12. The maximum absolute atomic E-state index is 12.6. The second-order valence-electron chi connectivity index (χ2n) is 7.20. The molecule has 0 fully saturated rings. The van der Waals surface area contributed by atoms with Crippen molar-refractivity contribution < 1.29 is 9.53 Å². The summed E-state index contributed by atoms with van der Waals surface area (Å²) in [5.41, 5.74) is 4.63. The van der Waals surface area contributed by atoms with Gasteiger partial charge in [-0.05, 0) is 36.8 Å². The van der Waals surface area contributed by atoms with Crippen molar-refractivity contribution in [1.29, 1.82) is 0 Å². The Balaban J connectivity index is 1.46. The van der Waals surface area contributed by atoms with Crippen LogP contribution >= 0.6 is 11.3 Å². The highest BCUT2D eigenvalue weighted by Crippen LogP contribution is 2.39. The van der Waals surface area contributed by atoms with E-state index in [-0.39, 0.29) is 5.78 Å². The highest BCUT2D eigenvalue weighted by atomic mass is 32.1. The minimum absolute atomic E-state index is 0.0175. The molecule has 0 aliphatic carbocycles. The van der Waals surface area contributed by atoms with E-state index in [0.29, 0.717) is 22.8 Å². The van der Waals surface area contributed by atoms with Gasteiger partial charge in [-0.1, -0.05) is 60.2 Å². The van der Waals surface area contributed by atoms with E-state index in [0.717, 1.165) is 21.3 Å². The lowest BCUT2D eigenvalue weighted by Crippen LogP contribution is -2.00. The van der Waals surface area contributed by atoms with Crippen LogP contribution in [-0.4, -0.2) is 15.8 Å². The van der Waals surface area contributed by atoms with Crippen molar-refractivity contribution in [3.05, 3.63) is 107 Å². The van der Waals surface area contributed by atoms with E-state index in [9.17, 15) is 4.79 Å². The number of rotatable bonds is 5. The summed E-state index contributed by atoms with van der Waals surface area (Å²) in [7, 11) is 0. The molecule has 3 aromatic carbocycles. The van der Waals surface area contributed by atoms with Gasteiger partial charge in [0.25, 0.3) is 0 Å². The van der Waals surface area contributed by atoms with Gasteiger partial charge >= 0.3 is 0 Å². The zero-order valence-corrected chi connectivity index (χ0v) is 17.6. The van der Waals surface area contributed by atoms with Crippen molar-refractivity contribution in [2.24, 2.45) is 0 Å². The zero-order valence-electron chi connectivity index (χ0n) is 16.8. The number of hydrogen-bond donors (Lipinski definition) is 0. The van der Waals surface area contributed by atoms with Gasteiger partial charge in [-0.2, -0.15) is 0 Å². The molecule has 4 nitrogen and oxygen atoms in total. The molecule has 0 saturated carbocycles. The van der Waals surface area contributed by atoms with Gasteiger partial charge in [-0.3, -0.25) is 4.79 Å². The molecule has 31 heavy (non-hydrogen) atoms. The predicted molar refractivity (Wildman–Crippen MR) is 124 cm³/mol. The lowest BCUT2D eigenvalue weighted by Gasteiger charge is -2.08. The molecule has 0 aliphatic heterocycles. The molecule has 2 aromatic heterocycles. The molecule has 0 saturated heterocycles. The number of carbonyl (C=O) groups is 1. The van der Waals surface area contributed by atoms with Crippen LogP contribution in [0.3, 0.4) is 0 Å². The Kier molecular flexibility index (Phi) is 5.02. The molecule has 5 heteroatoms. The monoisotopic (exact) mass is 422 g/mol. The predicted octanol–water partition coefficient (Wildman–Crippen LogP) is 6.69. The quantitative estimate of drug-likeness (QED) is 0.296. The highest BCUT2D eigenvalue weighted by molar-refractivity contribution is 7.17. The molecule has 0 N–H and O–H groups in total. The number of nitrogens with zero attached hydrogens (tertiary/aromatic N) is 2. The maximum atomic E-state index is 12.6. The van der Waals surface area contributed by atoms with Crippen LogP contribution in [0.15, 0.2) is 90.6 Å². The molecule has 5 rings (SSSR count). The molecule has 0 unspecified atom stereocenters. The van der Waals surface area contributed by atoms with E-state index in [1.807, 2.05) is 30.3 Å². The largest absolute Gasteiger partial charge is 0.438 e. The number of fused-ring (bicyclic) bond motifs is 1. The van der Waals surface area contributed by atoms with Crippen molar-refractivity contribution in [3.63, 3.8) is 0 Å². The number of aryl methyl sites for hydroxylation is 1. The van der Waals surface area contributed by atoms with E-state index in [4.69, 9.17) is 4.74 Å². The third-order valence-corrected chi connectivity index (χ3v) is 5.95. The summed E-state index contributed by atoms with van der Waals surface area (Å²) in [6.07, 6.45) is 1.51. The normalized spacial score (nSPS) is 10.9. The highest BCUT2D eigenvalue weighted by Gasteiger charge is 2.15. The standard InChI is InChI=1S/C26H18N2O2S/c1-17-7-9-18(10-8-17)22-15-31-26-23(22)25(27-16-28-26)30-21-13-11-20(12-14-21)24(29)19-5-3-2-4-6-19/h2-16H,1H3. The minimum atomic E-state index is -0.0175. The molecule has 0 bridgehead atoms. The fourth-order valence-corrected chi connectivity index (χ4v) is 4.32. The number of hydrogen-bond acceptors (Lipinski definition) is 5. The van der Waals surface area contributed by atoms with Crippen LogP contribution in [-0.2, 0) is 0 Å². The van der Waals surface area contributed by atoms with E-state index in [2.05, 4.69) is 46.5 Å². The van der Waals surface area contributed by atoms with E-state index < -0.39 is 0 Å². The average Bonchev–Trinajstić information content (AvgIpc) is 3.25. The summed E-state index contributed by atoms with van der Waals surface area (Å²) >= 11 is 1.57.